The third-order valence-electron chi connectivity index (χ3n) is 4.24. The van der Waals surface area contributed by atoms with Gasteiger partial charge in [0.2, 0.25) is 10.0 Å². The number of hydrogen-bond donors (Lipinski definition) is 2. The van der Waals surface area contributed by atoms with E-state index in [0.717, 1.165) is 13.1 Å². The lowest BCUT2D eigenvalue weighted by molar-refractivity contribution is 0.355. The molecular weight excluding hydrogens is 319 g/mol. The number of benzene rings is 1. The van der Waals surface area contributed by atoms with Crippen molar-refractivity contribution < 1.29 is 12.8 Å². The van der Waals surface area contributed by atoms with E-state index in [1.54, 1.807) is 6.07 Å². The van der Waals surface area contributed by atoms with Gasteiger partial charge in [0.25, 0.3) is 0 Å². The molecule has 6 nitrogen and oxygen atoms in total. The van der Waals surface area contributed by atoms with E-state index in [9.17, 15) is 12.8 Å². The van der Waals surface area contributed by atoms with Crippen molar-refractivity contribution in [2.45, 2.75) is 6.92 Å². The van der Waals surface area contributed by atoms with Crippen molar-refractivity contribution in [1.29, 1.82) is 5.41 Å². The van der Waals surface area contributed by atoms with Crippen LogP contribution in [-0.4, -0.2) is 57.6 Å². The largest absolute Gasteiger partial charge is 0.354 e. The highest BCUT2D eigenvalue weighted by molar-refractivity contribution is 7.93. The average Bonchev–Trinajstić information content (AvgIpc) is 2.80. The van der Waals surface area contributed by atoms with Gasteiger partial charge in [-0.1, -0.05) is 6.92 Å². The highest BCUT2D eigenvalue weighted by atomic mass is 32.2. The van der Waals surface area contributed by atoms with Gasteiger partial charge in [-0.2, -0.15) is 0 Å². The van der Waals surface area contributed by atoms with Gasteiger partial charge in [-0.15, -0.1) is 0 Å². The van der Waals surface area contributed by atoms with E-state index in [4.69, 9.17) is 5.41 Å². The van der Waals surface area contributed by atoms with E-state index >= 15 is 0 Å². The fourth-order valence-corrected chi connectivity index (χ4v) is 5.00. The Kier molecular flexibility index (Phi) is 4.29. The maximum absolute atomic E-state index is 14.5. The summed E-state index contributed by atoms with van der Waals surface area (Å²) in [5, 5.41) is 11.4. The monoisotopic (exact) mass is 340 g/mol. The second-order valence-electron chi connectivity index (χ2n) is 6.16. The van der Waals surface area contributed by atoms with Crippen LogP contribution in [-0.2, 0) is 10.0 Å². The Bertz CT molecular complexity index is 716. The number of amidine groups is 1. The molecule has 2 saturated heterocycles. The zero-order chi connectivity index (χ0) is 16.6. The lowest BCUT2D eigenvalue weighted by Crippen LogP contribution is -2.46. The van der Waals surface area contributed by atoms with E-state index in [0.29, 0.717) is 25.3 Å². The van der Waals surface area contributed by atoms with Gasteiger partial charge in [0, 0.05) is 32.7 Å². The predicted molar refractivity (Wildman–Crippen MR) is 88.0 cm³/mol. The molecule has 1 aromatic carbocycles. The third kappa shape index (κ3) is 3.18. The van der Waals surface area contributed by atoms with Gasteiger partial charge in [0.05, 0.1) is 17.0 Å². The van der Waals surface area contributed by atoms with Crippen LogP contribution in [0.2, 0.25) is 0 Å². The van der Waals surface area contributed by atoms with Gasteiger partial charge in [0.15, 0.2) is 0 Å². The molecule has 0 bridgehead atoms. The molecule has 2 N–H and O–H groups in total. The normalized spacial score (nSPS) is 24.0. The molecule has 0 radical (unpaired) electrons. The first-order valence-corrected chi connectivity index (χ1v) is 9.34. The molecule has 1 atom stereocenters. The van der Waals surface area contributed by atoms with E-state index in [1.807, 2.05) is 11.8 Å². The molecule has 0 spiro atoms. The number of sulfonamides is 1. The summed E-state index contributed by atoms with van der Waals surface area (Å²) in [6.45, 7) is 5.10. The zero-order valence-corrected chi connectivity index (χ0v) is 13.9. The number of hydrogen-bond acceptors (Lipinski definition) is 4. The van der Waals surface area contributed by atoms with Gasteiger partial charge in [-0.25, -0.2) is 12.8 Å². The first-order valence-electron chi connectivity index (χ1n) is 7.73. The summed E-state index contributed by atoms with van der Waals surface area (Å²) in [6.07, 6.45) is 0. The summed E-state index contributed by atoms with van der Waals surface area (Å²) < 4.78 is 39.9. The molecule has 0 amide bonds. The number of piperazine rings is 1. The second kappa shape index (κ2) is 6.09. The number of anilines is 1. The van der Waals surface area contributed by atoms with Crippen LogP contribution in [0.5, 0.6) is 0 Å². The number of nitrogens with one attached hydrogen (secondary N) is 2. The standard InChI is InChI=1S/C15H21FN4O2S/c1-11-9-20(23(21,22)10-11)12-2-3-13(14(16)8-12)15(17)19-6-4-18-5-7-19/h2-3,8,11,17-18H,4-7,9-10H2,1H3/t11-/m0/s1. The molecule has 2 heterocycles. The van der Waals surface area contributed by atoms with E-state index in [-0.39, 0.29) is 23.1 Å². The molecule has 0 saturated carbocycles. The Labute approximate surface area is 135 Å². The van der Waals surface area contributed by atoms with Gasteiger partial charge in [0.1, 0.15) is 11.7 Å². The van der Waals surface area contributed by atoms with Crippen LogP contribution >= 0.6 is 0 Å². The van der Waals surface area contributed by atoms with Crippen LogP contribution in [0.3, 0.4) is 0 Å². The van der Waals surface area contributed by atoms with Crippen molar-refractivity contribution in [3.63, 3.8) is 0 Å². The minimum atomic E-state index is -3.37. The SMILES string of the molecule is C[C@H]1CN(c2ccc(C(=N)N3CCNCC3)c(F)c2)S(=O)(=O)C1. The molecule has 0 aliphatic carbocycles. The molecule has 3 rings (SSSR count). The number of nitrogens with zero attached hydrogens (tertiary/aromatic N) is 2. The summed E-state index contributed by atoms with van der Waals surface area (Å²) in [5.41, 5.74) is 0.545. The average molecular weight is 340 g/mol. The Morgan fingerprint density at radius 2 is 2.04 bits per heavy atom. The van der Waals surface area contributed by atoms with E-state index in [2.05, 4.69) is 5.32 Å². The van der Waals surface area contributed by atoms with Crippen molar-refractivity contribution in [2.24, 2.45) is 5.92 Å². The van der Waals surface area contributed by atoms with Crippen LogP contribution in [0, 0.1) is 17.1 Å². The molecule has 8 heteroatoms. The molecule has 2 aliphatic rings. The van der Waals surface area contributed by atoms with Crippen molar-refractivity contribution in [3.8, 4) is 0 Å². The van der Waals surface area contributed by atoms with Crippen LogP contribution in [0.25, 0.3) is 0 Å². The number of rotatable bonds is 2. The van der Waals surface area contributed by atoms with Gasteiger partial charge in [-0.3, -0.25) is 9.71 Å². The Hall–Kier alpha value is -1.67. The van der Waals surface area contributed by atoms with Crippen molar-refractivity contribution in [2.75, 3.05) is 42.8 Å². The lowest BCUT2D eigenvalue weighted by atomic mass is 10.1. The van der Waals surface area contributed by atoms with Gasteiger partial charge >= 0.3 is 0 Å². The van der Waals surface area contributed by atoms with Crippen LogP contribution in [0.1, 0.15) is 12.5 Å². The van der Waals surface area contributed by atoms with E-state index in [1.165, 1.54) is 16.4 Å². The summed E-state index contributed by atoms with van der Waals surface area (Å²) in [4.78, 5) is 1.82. The Morgan fingerprint density at radius 1 is 1.35 bits per heavy atom. The van der Waals surface area contributed by atoms with Crippen molar-refractivity contribution in [1.82, 2.24) is 10.2 Å². The van der Waals surface area contributed by atoms with Gasteiger partial charge < -0.3 is 10.2 Å². The highest BCUT2D eigenvalue weighted by Gasteiger charge is 2.34. The fourth-order valence-electron chi connectivity index (χ4n) is 3.07. The van der Waals surface area contributed by atoms with E-state index < -0.39 is 15.8 Å². The molecule has 0 unspecified atom stereocenters. The summed E-state index contributed by atoms with van der Waals surface area (Å²) in [5.74, 6) is -0.289. The number of halogens is 1. The first kappa shape index (κ1) is 16.2. The van der Waals surface area contributed by atoms with Crippen LogP contribution in [0.15, 0.2) is 18.2 Å². The Morgan fingerprint density at radius 3 is 2.61 bits per heavy atom. The smallest absolute Gasteiger partial charge is 0.235 e. The summed E-state index contributed by atoms with van der Waals surface area (Å²) in [6, 6.07) is 4.32. The topological polar surface area (TPSA) is 76.5 Å². The predicted octanol–water partition coefficient (Wildman–Crippen LogP) is 0.842. The molecular formula is C15H21FN4O2S. The van der Waals surface area contributed by atoms with Crippen molar-refractivity contribution >= 4 is 21.5 Å². The van der Waals surface area contributed by atoms with Crippen molar-refractivity contribution in [3.05, 3.63) is 29.6 Å². The zero-order valence-electron chi connectivity index (χ0n) is 13.0. The summed E-state index contributed by atoms with van der Waals surface area (Å²) >= 11 is 0. The molecule has 2 fully saturated rings. The minimum Gasteiger partial charge on any atom is -0.354 e. The van der Waals surface area contributed by atoms with Gasteiger partial charge in [-0.05, 0) is 24.1 Å². The maximum Gasteiger partial charge on any atom is 0.235 e. The highest BCUT2D eigenvalue weighted by Crippen LogP contribution is 2.28. The van der Waals surface area contributed by atoms with Crippen LogP contribution < -0.4 is 9.62 Å². The first-order chi connectivity index (χ1) is 10.9. The fraction of sp³-hybridized carbons (Fsp3) is 0.533. The maximum atomic E-state index is 14.5. The quantitative estimate of drug-likeness (QED) is 0.618. The molecule has 0 aromatic heterocycles. The third-order valence-corrected chi connectivity index (χ3v) is 6.26. The van der Waals surface area contributed by atoms with Crippen LogP contribution in [0.4, 0.5) is 10.1 Å². The molecule has 2 aliphatic heterocycles. The lowest BCUT2D eigenvalue weighted by Gasteiger charge is -2.30. The Balaban J connectivity index is 1.85. The second-order valence-corrected chi connectivity index (χ2v) is 8.10. The molecule has 23 heavy (non-hydrogen) atoms. The molecule has 1 aromatic rings. The minimum absolute atomic E-state index is 0.0295. The molecule has 126 valence electrons. The summed E-state index contributed by atoms with van der Waals surface area (Å²) in [7, 11) is -3.37.